The summed E-state index contributed by atoms with van der Waals surface area (Å²) in [5.41, 5.74) is 1.45. The first-order chi connectivity index (χ1) is 6.58. The van der Waals surface area contributed by atoms with E-state index in [1.165, 1.54) is 31.2 Å². The first-order valence-electron chi connectivity index (χ1n) is 5.16. The van der Waals surface area contributed by atoms with Crippen LogP contribution in [-0.2, 0) is 6.42 Å². The summed E-state index contributed by atoms with van der Waals surface area (Å²) < 4.78 is 0. The largest absolute Gasteiger partial charge is 0.248 e. The number of aryl methyl sites for hydroxylation is 1. The molecular weight excluding hydrogens is 231 g/mol. The first kappa shape index (κ1) is 12.2. The fraction of sp³-hybridized carbons (Fsp3) is 0.545. The molecule has 0 bridgehead atoms. The van der Waals surface area contributed by atoms with E-state index in [2.05, 4.69) is 24.3 Å². The Hall–Kier alpha value is 0.147. The summed E-state index contributed by atoms with van der Waals surface area (Å²) >= 11 is 12.0. The molecule has 0 aliphatic carbocycles. The average Bonchev–Trinajstić information content (AvgIpc) is 2.54. The lowest BCUT2D eigenvalue weighted by Gasteiger charge is -2.09. The van der Waals surface area contributed by atoms with Crippen LogP contribution in [0.4, 0.5) is 0 Å². The Morgan fingerprint density at radius 2 is 2.07 bits per heavy atom. The minimum atomic E-state index is -1.83. The summed E-state index contributed by atoms with van der Waals surface area (Å²) in [4.78, 5) is 0. The molecule has 1 aromatic rings. The van der Waals surface area contributed by atoms with E-state index < -0.39 is 6.69 Å². The molecule has 0 heterocycles. The van der Waals surface area contributed by atoms with Crippen LogP contribution >= 0.6 is 22.2 Å². The number of unbranched alkanes of at least 4 members (excludes halogenated alkanes) is 2. The molecule has 0 saturated carbocycles. The zero-order chi connectivity index (χ0) is 10.4. The highest BCUT2D eigenvalue weighted by molar-refractivity contribution is 7.44. The van der Waals surface area contributed by atoms with Gasteiger partial charge in [-0.3, -0.25) is 0 Å². The number of hydrogen-bond acceptors (Lipinski definition) is 0. The van der Waals surface area contributed by atoms with Crippen LogP contribution in [0.15, 0.2) is 24.3 Å². The van der Waals surface area contributed by atoms with Crippen LogP contribution < -0.4 is 0 Å². The lowest BCUT2D eigenvalue weighted by Crippen LogP contribution is -2.11. The first-order valence-corrected chi connectivity index (χ1v) is 9.89. The van der Waals surface area contributed by atoms with E-state index in [0.29, 0.717) is 0 Å². The van der Waals surface area contributed by atoms with Crippen molar-refractivity contribution in [1.82, 2.24) is 0 Å². The van der Waals surface area contributed by atoms with Crippen LogP contribution in [0, 0.1) is 0 Å². The van der Waals surface area contributed by atoms with Crippen LogP contribution in [0.1, 0.15) is 24.8 Å². The Bertz CT molecular complexity index is 236. The van der Waals surface area contributed by atoms with Crippen molar-refractivity contribution in [2.75, 3.05) is 0 Å². The van der Waals surface area contributed by atoms with E-state index >= 15 is 0 Å². The van der Waals surface area contributed by atoms with Gasteiger partial charge < -0.3 is 0 Å². The minimum Gasteiger partial charge on any atom is -0.211 e. The van der Waals surface area contributed by atoms with Gasteiger partial charge in [0.25, 0.3) is 0 Å². The molecule has 14 heavy (non-hydrogen) atoms. The smallest absolute Gasteiger partial charge is 0.211 e. The van der Waals surface area contributed by atoms with Gasteiger partial charge in [0, 0.05) is 0 Å². The highest BCUT2D eigenvalue weighted by Crippen LogP contribution is 2.23. The highest BCUT2D eigenvalue weighted by Gasteiger charge is 2.19. The van der Waals surface area contributed by atoms with Gasteiger partial charge in [-0.15, -0.1) is 22.2 Å². The molecular formula is C11H17Cl2Si-. The third-order valence-electron chi connectivity index (χ3n) is 2.31. The topological polar surface area (TPSA) is 0 Å². The second kappa shape index (κ2) is 5.89. The van der Waals surface area contributed by atoms with Gasteiger partial charge in [0.05, 0.1) is 0 Å². The van der Waals surface area contributed by atoms with Gasteiger partial charge in [-0.2, -0.15) is 23.8 Å². The molecule has 0 atom stereocenters. The Kier molecular flexibility index (Phi) is 5.14. The Balaban J connectivity index is 2.00. The number of halogens is 2. The van der Waals surface area contributed by atoms with Gasteiger partial charge in [0.1, 0.15) is 0 Å². The van der Waals surface area contributed by atoms with Gasteiger partial charge in [-0.05, 0) is 12.6 Å². The molecule has 0 aliphatic heterocycles. The van der Waals surface area contributed by atoms with Gasteiger partial charge in [-0.1, -0.05) is 25.7 Å². The molecule has 80 valence electrons. The van der Waals surface area contributed by atoms with Gasteiger partial charge in [0.15, 0.2) is 0 Å². The molecule has 0 saturated heterocycles. The summed E-state index contributed by atoms with van der Waals surface area (Å²) in [6, 6.07) is 9.58. The lowest BCUT2D eigenvalue weighted by atomic mass is 10.1. The summed E-state index contributed by atoms with van der Waals surface area (Å²) in [6.07, 6.45) is 4.86. The van der Waals surface area contributed by atoms with E-state index in [4.69, 9.17) is 22.2 Å². The standard InChI is InChI=1S/C11H17Cl2Si/c1-14(12,13)10-6-2-3-7-11-8-4-5-9-11/h4-5,8-9H,2-3,6-7,10H2,1H3/q-1. The molecule has 0 spiro atoms. The van der Waals surface area contributed by atoms with E-state index in [1.54, 1.807) is 0 Å². The summed E-state index contributed by atoms with van der Waals surface area (Å²) in [5.74, 6) is 0. The SMILES string of the molecule is C[Si](Cl)(Cl)CCCCCc1cc[cH-]c1. The monoisotopic (exact) mass is 247 g/mol. The number of rotatable bonds is 6. The van der Waals surface area contributed by atoms with E-state index in [9.17, 15) is 0 Å². The van der Waals surface area contributed by atoms with Gasteiger partial charge in [0.2, 0.25) is 6.69 Å². The summed E-state index contributed by atoms with van der Waals surface area (Å²) in [5, 5.41) is 0. The third kappa shape index (κ3) is 5.79. The Morgan fingerprint density at radius 3 is 2.64 bits per heavy atom. The Labute approximate surface area is 97.0 Å². The van der Waals surface area contributed by atoms with Crippen molar-refractivity contribution in [3.63, 3.8) is 0 Å². The molecule has 0 nitrogen and oxygen atoms in total. The maximum atomic E-state index is 6.02. The minimum absolute atomic E-state index is 1.02. The maximum Gasteiger partial charge on any atom is 0.248 e. The predicted octanol–water partition coefficient (Wildman–Crippen LogP) is 4.67. The molecule has 0 fully saturated rings. The molecule has 0 amide bonds. The van der Waals surface area contributed by atoms with Crippen LogP contribution in [0.2, 0.25) is 12.6 Å². The molecule has 0 aromatic heterocycles. The summed E-state index contributed by atoms with van der Waals surface area (Å²) in [6.45, 7) is 0.164. The van der Waals surface area contributed by atoms with Crippen molar-refractivity contribution < 1.29 is 0 Å². The quantitative estimate of drug-likeness (QED) is 0.297. The third-order valence-corrected chi connectivity index (χ3v) is 4.68. The normalized spacial score (nSPS) is 11.9. The van der Waals surface area contributed by atoms with Crippen LogP contribution in [0.3, 0.4) is 0 Å². The average molecular weight is 248 g/mol. The van der Waals surface area contributed by atoms with Crippen molar-refractivity contribution in [2.45, 2.75) is 38.3 Å². The zero-order valence-electron chi connectivity index (χ0n) is 8.60. The van der Waals surface area contributed by atoms with E-state index in [1.807, 2.05) is 6.55 Å². The van der Waals surface area contributed by atoms with E-state index in [-0.39, 0.29) is 0 Å². The van der Waals surface area contributed by atoms with Crippen molar-refractivity contribution in [3.8, 4) is 0 Å². The fourth-order valence-corrected chi connectivity index (χ4v) is 3.19. The van der Waals surface area contributed by atoms with Gasteiger partial charge in [-0.25, -0.2) is 6.07 Å². The van der Waals surface area contributed by atoms with Crippen molar-refractivity contribution >= 4 is 28.9 Å². The van der Waals surface area contributed by atoms with Gasteiger partial charge >= 0.3 is 0 Å². The highest BCUT2D eigenvalue weighted by atomic mass is 35.7. The molecule has 1 rings (SSSR count). The Morgan fingerprint density at radius 1 is 1.29 bits per heavy atom. The van der Waals surface area contributed by atoms with E-state index in [0.717, 1.165) is 6.04 Å². The second-order valence-corrected chi connectivity index (χ2v) is 12.2. The van der Waals surface area contributed by atoms with Crippen molar-refractivity contribution in [1.29, 1.82) is 0 Å². The zero-order valence-corrected chi connectivity index (χ0v) is 11.1. The van der Waals surface area contributed by atoms with Crippen molar-refractivity contribution in [3.05, 3.63) is 29.8 Å². The molecule has 0 radical (unpaired) electrons. The molecule has 3 heteroatoms. The molecule has 1 aromatic carbocycles. The van der Waals surface area contributed by atoms with Crippen LogP contribution in [0.5, 0.6) is 0 Å². The summed E-state index contributed by atoms with van der Waals surface area (Å²) in [7, 11) is 0. The van der Waals surface area contributed by atoms with Crippen LogP contribution in [0.25, 0.3) is 0 Å². The molecule has 0 aliphatic rings. The second-order valence-electron chi connectivity index (χ2n) is 3.92. The lowest BCUT2D eigenvalue weighted by molar-refractivity contribution is 0.715. The predicted molar refractivity (Wildman–Crippen MR) is 67.7 cm³/mol. The van der Waals surface area contributed by atoms with Crippen molar-refractivity contribution in [2.24, 2.45) is 0 Å². The molecule has 0 unspecified atom stereocenters. The van der Waals surface area contributed by atoms with Crippen LogP contribution in [-0.4, -0.2) is 6.69 Å². The maximum absolute atomic E-state index is 6.02. The number of hydrogen-bond donors (Lipinski definition) is 0. The fourth-order valence-electron chi connectivity index (χ4n) is 1.52. The molecule has 0 N–H and O–H groups in total.